The lowest BCUT2D eigenvalue weighted by Gasteiger charge is -2.36. The average molecular weight is 552 g/mol. The molecule has 2 aromatic carbocycles. The van der Waals surface area contributed by atoms with Crippen molar-refractivity contribution >= 4 is 28.4 Å². The fourth-order valence-electron chi connectivity index (χ4n) is 5.63. The Hall–Kier alpha value is -3.47. The van der Waals surface area contributed by atoms with Gasteiger partial charge in [0.2, 0.25) is 11.8 Å². The van der Waals surface area contributed by atoms with Crippen molar-refractivity contribution in [2.24, 2.45) is 11.7 Å². The van der Waals surface area contributed by atoms with Crippen molar-refractivity contribution in [3.05, 3.63) is 66.1 Å². The maximum Gasteiger partial charge on any atom is 0.245 e. The number of halogens is 1. The van der Waals surface area contributed by atoms with Gasteiger partial charge in [-0.1, -0.05) is 31.2 Å². The lowest BCUT2D eigenvalue weighted by atomic mass is 9.90. The topological polar surface area (TPSA) is 113 Å². The van der Waals surface area contributed by atoms with E-state index >= 15 is 0 Å². The molecule has 3 atom stereocenters. The summed E-state index contributed by atoms with van der Waals surface area (Å²) < 4.78 is 25.2. The van der Waals surface area contributed by atoms with Crippen LogP contribution in [0.2, 0.25) is 0 Å². The molecule has 0 radical (unpaired) electrons. The molecule has 3 aromatic rings. The van der Waals surface area contributed by atoms with Crippen molar-refractivity contribution in [1.29, 1.82) is 0 Å². The molecule has 2 fully saturated rings. The number of nitrogens with two attached hydrogens (primary N) is 1. The summed E-state index contributed by atoms with van der Waals surface area (Å²) in [6.45, 7) is 4.10. The van der Waals surface area contributed by atoms with E-state index in [1.807, 2.05) is 48.4 Å². The summed E-state index contributed by atoms with van der Waals surface area (Å²) in [7, 11) is 1.69. The van der Waals surface area contributed by atoms with E-state index in [0.717, 1.165) is 35.1 Å². The number of nitrogens with one attached hydrogen (secondary N) is 2. The highest BCUT2D eigenvalue weighted by Crippen LogP contribution is 2.30. The van der Waals surface area contributed by atoms with Crippen molar-refractivity contribution < 1.29 is 23.5 Å². The van der Waals surface area contributed by atoms with Gasteiger partial charge in [-0.15, -0.1) is 0 Å². The number of anilines is 1. The Labute approximate surface area is 233 Å². The third-order valence-electron chi connectivity index (χ3n) is 7.93. The Kier molecular flexibility index (Phi) is 8.68. The van der Waals surface area contributed by atoms with Gasteiger partial charge in [0.05, 0.1) is 31.7 Å². The van der Waals surface area contributed by atoms with Crippen LogP contribution in [-0.2, 0) is 19.1 Å². The molecule has 2 amide bonds. The van der Waals surface area contributed by atoms with Gasteiger partial charge in [-0.2, -0.15) is 0 Å². The summed E-state index contributed by atoms with van der Waals surface area (Å²) in [6.07, 6.45) is 2.82. The highest BCUT2D eigenvalue weighted by atomic mass is 19.1. The molecule has 10 heteroatoms. The molecule has 4 N–H and O–H groups in total. The molecule has 0 bridgehead atoms. The predicted molar refractivity (Wildman–Crippen MR) is 151 cm³/mol. The third-order valence-corrected chi connectivity index (χ3v) is 7.93. The zero-order chi connectivity index (χ0) is 28.2. The van der Waals surface area contributed by atoms with Crippen LogP contribution in [0.15, 0.2) is 54.7 Å². The summed E-state index contributed by atoms with van der Waals surface area (Å²) in [6, 6.07) is 13.3. The van der Waals surface area contributed by atoms with Crippen molar-refractivity contribution in [2.75, 3.05) is 44.8 Å². The second-order valence-corrected chi connectivity index (χ2v) is 10.9. The Balaban J connectivity index is 1.34. The molecule has 0 saturated carbocycles. The first-order valence-electron chi connectivity index (χ1n) is 13.9. The first-order valence-corrected chi connectivity index (χ1v) is 13.9. The highest BCUT2D eigenvalue weighted by Gasteiger charge is 2.36. The van der Waals surface area contributed by atoms with Gasteiger partial charge >= 0.3 is 0 Å². The largest absolute Gasteiger partial charge is 0.371 e. The number of carbonyl (C=O) groups excluding carboxylic acids is 2. The van der Waals surface area contributed by atoms with E-state index in [4.69, 9.17) is 15.2 Å². The van der Waals surface area contributed by atoms with E-state index in [-0.39, 0.29) is 42.1 Å². The minimum absolute atomic E-state index is 0.185. The van der Waals surface area contributed by atoms with Gasteiger partial charge in [-0.25, -0.2) is 4.39 Å². The van der Waals surface area contributed by atoms with E-state index in [0.29, 0.717) is 26.2 Å². The molecule has 0 spiro atoms. The molecule has 1 unspecified atom stereocenters. The van der Waals surface area contributed by atoms with Gasteiger partial charge in [0.1, 0.15) is 11.9 Å². The Morgan fingerprint density at radius 1 is 1.20 bits per heavy atom. The Morgan fingerprint density at radius 3 is 2.75 bits per heavy atom. The zero-order valence-electron chi connectivity index (χ0n) is 23.0. The van der Waals surface area contributed by atoms with Crippen molar-refractivity contribution in [2.45, 2.75) is 44.1 Å². The first-order chi connectivity index (χ1) is 19.3. The number of piperidine rings is 1. The van der Waals surface area contributed by atoms with Crippen LogP contribution in [0, 0.1) is 11.7 Å². The second kappa shape index (κ2) is 12.4. The van der Waals surface area contributed by atoms with E-state index < -0.39 is 12.3 Å². The number of aromatic nitrogens is 1. The van der Waals surface area contributed by atoms with Gasteiger partial charge in [0.15, 0.2) is 6.29 Å². The highest BCUT2D eigenvalue weighted by molar-refractivity contribution is 5.91. The molecule has 40 heavy (non-hydrogen) atoms. The monoisotopic (exact) mass is 551 g/mol. The van der Waals surface area contributed by atoms with Gasteiger partial charge in [-0.3, -0.25) is 9.59 Å². The minimum Gasteiger partial charge on any atom is -0.371 e. The number of para-hydroxylation sites is 1. The average Bonchev–Trinajstić information content (AvgIpc) is 3.40. The molecule has 2 aliphatic heterocycles. The summed E-state index contributed by atoms with van der Waals surface area (Å²) in [5, 5.41) is 4.11. The molecular weight excluding hydrogens is 513 g/mol. The lowest BCUT2D eigenvalue weighted by Crippen LogP contribution is -2.55. The van der Waals surface area contributed by atoms with E-state index in [1.54, 1.807) is 18.0 Å². The number of amides is 2. The number of fused-ring (bicyclic) bond motifs is 1. The third kappa shape index (κ3) is 6.29. The molecule has 214 valence electrons. The molecule has 2 saturated heterocycles. The van der Waals surface area contributed by atoms with Gasteiger partial charge in [-0.05, 0) is 42.7 Å². The Bertz CT molecular complexity index is 1320. The first kappa shape index (κ1) is 28.1. The fourth-order valence-corrected chi connectivity index (χ4v) is 5.63. The Morgan fingerprint density at radius 2 is 1.98 bits per heavy atom. The van der Waals surface area contributed by atoms with Gasteiger partial charge in [0.25, 0.3) is 0 Å². The SMILES string of the molecule is C[C@H](c1c[nH]c2ccccc12)[C@@H](NC(=O)C1CCCN(c2cccc(F)c2)C1)C(=O)N(C)CC1OCC(N)CO1. The van der Waals surface area contributed by atoms with Crippen molar-refractivity contribution in [1.82, 2.24) is 15.2 Å². The van der Waals surface area contributed by atoms with E-state index in [1.165, 1.54) is 12.1 Å². The molecule has 2 aliphatic rings. The summed E-state index contributed by atoms with van der Waals surface area (Å²) >= 11 is 0. The van der Waals surface area contributed by atoms with Crippen LogP contribution in [-0.4, -0.2) is 80.0 Å². The number of nitrogens with zero attached hydrogens (tertiary/aromatic N) is 2. The number of ether oxygens (including phenoxy) is 2. The van der Waals surface area contributed by atoms with E-state index in [2.05, 4.69) is 10.3 Å². The van der Waals surface area contributed by atoms with Gasteiger partial charge in [0, 0.05) is 48.8 Å². The van der Waals surface area contributed by atoms with Crippen LogP contribution in [0.3, 0.4) is 0 Å². The van der Waals surface area contributed by atoms with Crippen molar-refractivity contribution in [3.8, 4) is 0 Å². The molecule has 1 aromatic heterocycles. The van der Waals surface area contributed by atoms with Crippen molar-refractivity contribution in [3.63, 3.8) is 0 Å². The standard InChI is InChI=1S/C30H38FN5O4/c1-19(25-14-33-26-11-4-3-10-24(25)26)28(30(38)35(2)16-27-39-17-22(32)18-40-27)34-29(37)20-7-6-12-36(15-20)23-9-5-8-21(31)13-23/h3-5,8-11,13-14,19-20,22,27-28,33H,6-7,12,15-18,32H2,1-2H3,(H,34,37)/t19-,20?,22?,27?,28-/m1/s1. The van der Waals surface area contributed by atoms with Crippen LogP contribution in [0.1, 0.15) is 31.2 Å². The summed E-state index contributed by atoms with van der Waals surface area (Å²) in [5.74, 6) is -1.38. The maximum atomic E-state index is 13.9. The molecule has 0 aliphatic carbocycles. The number of H-pyrrole nitrogens is 1. The second-order valence-electron chi connectivity index (χ2n) is 10.9. The lowest BCUT2D eigenvalue weighted by molar-refractivity contribution is -0.193. The smallest absolute Gasteiger partial charge is 0.245 e. The minimum atomic E-state index is -0.813. The number of carbonyl (C=O) groups is 2. The molecule has 3 heterocycles. The number of likely N-dealkylation sites (N-methyl/N-ethyl adjacent to an activating group) is 1. The number of hydrogen-bond acceptors (Lipinski definition) is 6. The quantitative estimate of drug-likeness (QED) is 0.397. The van der Waals surface area contributed by atoms with E-state index in [9.17, 15) is 14.0 Å². The number of benzene rings is 2. The molecule has 9 nitrogen and oxygen atoms in total. The van der Waals surface area contributed by atoms with Crippen LogP contribution in [0.5, 0.6) is 0 Å². The molecule has 5 rings (SSSR count). The fraction of sp³-hybridized carbons (Fsp3) is 0.467. The van der Waals surface area contributed by atoms with Crippen LogP contribution in [0.4, 0.5) is 10.1 Å². The van der Waals surface area contributed by atoms with Crippen LogP contribution >= 0.6 is 0 Å². The summed E-state index contributed by atoms with van der Waals surface area (Å²) in [5.41, 5.74) is 8.52. The zero-order valence-corrected chi connectivity index (χ0v) is 23.0. The maximum absolute atomic E-state index is 13.9. The molecular formula is C30H38FN5O4. The summed E-state index contributed by atoms with van der Waals surface area (Å²) in [4.78, 5) is 34.5. The van der Waals surface area contributed by atoms with Crippen LogP contribution in [0.25, 0.3) is 10.9 Å². The number of hydrogen-bond donors (Lipinski definition) is 3. The predicted octanol–water partition coefficient (Wildman–Crippen LogP) is 2.97. The normalized spacial score (nSPS) is 23.0. The number of aromatic amines is 1. The number of rotatable bonds is 8. The van der Waals surface area contributed by atoms with Crippen LogP contribution < -0.4 is 16.0 Å². The van der Waals surface area contributed by atoms with Gasteiger partial charge < -0.3 is 35.3 Å².